The van der Waals surface area contributed by atoms with Gasteiger partial charge in [0.05, 0.1) is 0 Å². The van der Waals surface area contributed by atoms with Gasteiger partial charge in [0.1, 0.15) is 6.29 Å². The number of halogens is 1. The van der Waals surface area contributed by atoms with Crippen LogP contribution in [0.15, 0.2) is 48.7 Å². The maximum Gasteiger partial charge on any atom is 0.150 e. The van der Waals surface area contributed by atoms with Gasteiger partial charge in [0.2, 0.25) is 0 Å². The van der Waals surface area contributed by atoms with E-state index in [2.05, 4.69) is 10.6 Å². The van der Waals surface area contributed by atoms with Crippen LogP contribution in [0.4, 0.5) is 0 Å². The third-order valence-corrected chi connectivity index (χ3v) is 3.84. The van der Waals surface area contributed by atoms with Gasteiger partial charge in [0.15, 0.2) is 0 Å². The van der Waals surface area contributed by atoms with Gasteiger partial charge >= 0.3 is 0 Å². The highest BCUT2D eigenvalue weighted by Gasteiger charge is 2.06. The first-order valence-corrected chi connectivity index (χ1v) is 6.84. The monoisotopic (exact) mass is 283 g/mol. The lowest BCUT2D eigenvalue weighted by Gasteiger charge is -2.08. The zero-order valence-electron chi connectivity index (χ0n) is 11.1. The lowest BCUT2D eigenvalue weighted by Crippen LogP contribution is -1.99. The smallest absolute Gasteiger partial charge is 0.150 e. The third kappa shape index (κ3) is 2.35. The lowest BCUT2D eigenvalue weighted by atomic mass is 10.1. The van der Waals surface area contributed by atoms with Crippen molar-refractivity contribution >= 4 is 28.8 Å². The van der Waals surface area contributed by atoms with E-state index in [9.17, 15) is 4.79 Å². The molecule has 3 rings (SSSR count). The molecular formula is C17H14ClNO. The number of carbonyl (C=O) groups is 1. The molecule has 0 unspecified atom stereocenters. The fraction of sp³-hybridized carbons (Fsp3) is 0.118. The Morgan fingerprint density at radius 3 is 2.75 bits per heavy atom. The Kier molecular flexibility index (Phi) is 3.33. The summed E-state index contributed by atoms with van der Waals surface area (Å²) in [6.07, 6.45) is 2.89. The van der Waals surface area contributed by atoms with Crippen molar-refractivity contribution in [3.05, 3.63) is 70.4 Å². The van der Waals surface area contributed by atoms with Crippen molar-refractivity contribution in [2.45, 2.75) is 13.5 Å². The minimum atomic E-state index is 0.687. The molecule has 20 heavy (non-hydrogen) atoms. The first-order valence-electron chi connectivity index (χ1n) is 6.46. The summed E-state index contributed by atoms with van der Waals surface area (Å²) < 4.78 is 2.11. The van der Waals surface area contributed by atoms with Crippen molar-refractivity contribution in [2.24, 2.45) is 0 Å². The Morgan fingerprint density at radius 1 is 1.15 bits per heavy atom. The topological polar surface area (TPSA) is 22.0 Å². The van der Waals surface area contributed by atoms with Crippen molar-refractivity contribution in [3.8, 4) is 0 Å². The lowest BCUT2D eigenvalue weighted by molar-refractivity contribution is 0.112. The van der Waals surface area contributed by atoms with Gasteiger partial charge in [0, 0.05) is 28.8 Å². The Labute approximate surface area is 122 Å². The number of aromatic nitrogens is 1. The summed E-state index contributed by atoms with van der Waals surface area (Å²) in [7, 11) is 0. The number of hydrogen-bond donors (Lipinski definition) is 0. The number of carbonyl (C=O) groups excluding carboxylic acids is 1. The molecule has 0 bridgehead atoms. The summed E-state index contributed by atoms with van der Waals surface area (Å²) >= 11 is 6.29. The van der Waals surface area contributed by atoms with Gasteiger partial charge < -0.3 is 4.57 Å². The number of aldehydes is 1. The molecule has 0 atom stereocenters. The summed E-state index contributed by atoms with van der Waals surface area (Å²) in [5.74, 6) is 0. The molecule has 2 nitrogen and oxygen atoms in total. The molecule has 0 radical (unpaired) electrons. The van der Waals surface area contributed by atoms with Crippen LogP contribution in [0.5, 0.6) is 0 Å². The average Bonchev–Trinajstić information content (AvgIpc) is 2.84. The second kappa shape index (κ2) is 5.14. The summed E-state index contributed by atoms with van der Waals surface area (Å²) in [6, 6.07) is 13.8. The van der Waals surface area contributed by atoms with Crippen molar-refractivity contribution < 1.29 is 4.79 Å². The molecule has 1 aromatic heterocycles. The molecule has 0 amide bonds. The molecular weight excluding hydrogens is 270 g/mol. The first-order chi connectivity index (χ1) is 9.67. The fourth-order valence-electron chi connectivity index (χ4n) is 2.38. The Bertz CT molecular complexity index is 789. The van der Waals surface area contributed by atoms with Crippen LogP contribution in [0.2, 0.25) is 5.02 Å². The summed E-state index contributed by atoms with van der Waals surface area (Å²) in [4.78, 5) is 10.9. The van der Waals surface area contributed by atoms with Crippen LogP contribution in [-0.4, -0.2) is 10.9 Å². The molecule has 100 valence electrons. The predicted molar refractivity (Wildman–Crippen MR) is 82.6 cm³/mol. The molecule has 3 aromatic rings. The fourth-order valence-corrected chi connectivity index (χ4v) is 2.67. The molecule has 0 aliphatic heterocycles. The minimum Gasteiger partial charge on any atom is -0.343 e. The van der Waals surface area contributed by atoms with Crippen molar-refractivity contribution in [1.82, 2.24) is 4.57 Å². The summed E-state index contributed by atoms with van der Waals surface area (Å²) in [5.41, 5.74) is 3.96. The molecule has 2 aromatic carbocycles. The minimum absolute atomic E-state index is 0.687. The van der Waals surface area contributed by atoms with Gasteiger partial charge in [-0.2, -0.15) is 0 Å². The van der Waals surface area contributed by atoms with E-state index in [0.717, 1.165) is 33.3 Å². The highest BCUT2D eigenvalue weighted by molar-refractivity contribution is 6.31. The SMILES string of the molecule is Cc1ccc(Cn2ccc3ccc(C=O)cc32)c(Cl)c1. The molecule has 0 spiro atoms. The van der Waals surface area contributed by atoms with Crippen molar-refractivity contribution in [3.63, 3.8) is 0 Å². The van der Waals surface area contributed by atoms with E-state index in [4.69, 9.17) is 11.6 Å². The van der Waals surface area contributed by atoms with E-state index in [1.54, 1.807) is 0 Å². The molecule has 0 aliphatic carbocycles. The zero-order valence-corrected chi connectivity index (χ0v) is 11.9. The molecule has 0 saturated heterocycles. The number of aryl methyl sites for hydroxylation is 1. The second-order valence-electron chi connectivity index (χ2n) is 4.97. The standard InChI is InChI=1S/C17H14ClNO/c1-12-2-4-15(16(18)8-12)10-19-7-6-14-5-3-13(11-20)9-17(14)19/h2-9,11H,10H2,1H3. The van der Waals surface area contributed by atoms with Crippen LogP contribution < -0.4 is 0 Å². The van der Waals surface area contributed by atoms with Gasteiger partial charge in [-0.15, -0.1) is 0 Å². The van der Waals surface area contributed by atoms with E-state index < -0.39 is 0 Å². The van der Waals surface area contributed by atoms with Crippen LogP contribution in [0.3, 0.4) is 0 Å². The van der Waals surface area contributed by atoms with E-state index in [0.29, 0.717) is 12.1 Å². The van der Waals surface area contributed by atoms with Crippen LogP contribution in [0.25, 0.3) is 10.9 Å². The van der Waals surface area contributed by atoms with E-state index in [1.165, 1.54) is 0 Å². The molecule has 3 heteroatoms. The number of hydrogen-bond acceptors (Lipinski definition) is 1. The molecule has 0 N–H and O–H groups in total. The van der Waals surface area contributed by atoms with E-state index in [-0.39, 0.29) is 0 Å². The van der Waals surface area contributed by atoms with E-state index in [1.807, 2.05) is 49.5 Å². The number of benzene rings is 2. The second-order valence-corrected chi connectivity index (χ2v) is 5.38. The largest absolute Gasteiger partial charge is 0.343 e. The highest BCUT2D eigenvalue weighted by Crippen LogP contribution is 2.22. The first kappa shape index (κ1) is 12.9. The quantitative estimate of drug-likeness (QED) is 0.650. The number of fused-ring (bicyclic) bond motifs is 1. The molecule has 1 heterocycles. The highest BCUT2D eigenvalue weighted by atomic mass is 35.5. The predicted octanol–water partition coefficient (Wildman–Crippen LogP) is 4.46. The van der Waals surface area contributed by atoms with Gasteiger partial charge in [0.25, 0.3) is 0 Å². The Hall–Kier alpha value is -2.06. The van der Waals surface area contributed by atoms with Gasteiger partial charge in [-0.05, 0) is 41.6 Å². The summed E-state index contributed by atoms with van der Waals surface area (Å²) in [5, 5.41) is 1.90. The van der Waals surface area contributed by atoms with Gasteiger partial charge in [-0.1, -0.05) is 35.9 Å². The van der Waals surface area contributed by atoms with Crippen LogP contribution in [-0.2, 0) is 6.54 Å². The molecule has 0 fully saturated rings. The van der Waals surface area contributed by atoms with Gasteiger partial charge in [-0.3, -0.25) is 4.79 Å². The van der Waals surface area contributed by atoms with Crippen molar-refractivity contribution in [2.75, 3.05) is 0 Å². The van der Waals surface area contributed by atoms with Crippen LogP contribution in [0.1, 0.15) is 21.5 Å². The Balaban J connectivity index is 2.04. The van der Waals surface area contributed by atoms with Crippen LogP contribution in [0, 0.1) is 6.92 Å². The van der Waals surface area contributed by atoms with E-state index >= 15 is 0 Å². The summed E-state index contributed by atoms with van der Waals surface area (Å²) in [6.45, 7) is 2.72. The molecule has 0 aliphatic rings. The van der Waals surface area contributed by atoms with Gasteiger partial charge in [-0.25, -0.2) is 0 Å². The Morgan fingerprint density at radius 2 is 2.00 bits per heavy atom. The third-order valence-electron chi connectivity index (χ3n) is 3.48. The van der Waals surface area contributed by atoms with Crippen LogP contribution >= 0.6 is 11.6 Å². The van der Waals surface area contributed by atoms with Crippen molar-refractivity contribution in [1.29, 1.82) is 0 Å². The number of rotatable bonds is 3. The zero-order chi connectivity index (χ0) is 14.1. The average molecular weight is 284 g/mol. The normalized spacial score (nSPS) is 10.9. The maximum absolute atomic E-state index is 10.9. The number of nitrogens with zero attached hydrogens (tertiary/aromatic N) is 1. The maximum atomic E-state index is 10.9. The molecule has 0 saturated carbocycles.